The van der Waals surface area contributed by atoms with Gasteiger partial charge >= 0.3 is 11.9 Å². The fourth-order valence-electron chi connectivity index (χ4n) is 4.25. The Hall–Kier alpha value is -3.98. The van der Waals surface area contributed by atoms with Gasteiger partial charge in [-0.3, -0.25) is 4.90 Å². The number of carboxylic acid groups (broad SMARTS) is 2. The lowest BCUT2D eigenvalue weighted by molar-refractivity contribution is -0.159. The van der Waals surface area contributed by atoms with Crippen molar-refractivity contribution in [3.8, 4) is 5.40 Å². The van der Waals surface area contributed by atoms with E-state index >= 15 is 0 Å². The van der Waals surface area contributed by atoms with E-state index in [1.807, 2.05) is 12.1 Å². The van der Waals surface area contributed by atoms with Crippen molar-refractivity contribution in [2.75, 3.05) is 44.2 Å². The number of carbonyl (C=O) groups is 2. The van der Waals surface area contributed by atoms with Crippen molar-refractivity contribution in [3.63, 3.8) is 0 Å². The maximum absolute atomic E-state index is 13.4. The molecule has 3 aromatic rings. The number of hydrogen-bond donors (Lipinski definition) is 2. The third-order valence-corrected chi connectivity index (χ3v) is 6.87. The van der Waals surface area contributed by atoms with Crippen molar-refractivity contribution >= 4 is 35.1 Å². The van der Waals surface area contributed by atoms with Crippen LogP contribution in [0.4, 0.5) is 20.2 Å². The van der Waals surface area contributed by atoms with Gasteiger partial charge in [0.25, 0.3) is 0 Å². The minimum atomic E-state index is -1.82. The van der Waals surface area contributed by atoms with Crippen molar-refractivity contribution in [1.29, 1.82) is 5.26 Å². The zero-order chi connectivity index (χ0) is 28.9. The SMILES string of the molecule is N#CSc1ccc(CN2CCN(CCCN(c3ccc(F)cc3)c3ccc(F)cc3)CC2)cc1.O=C(O)C(=O)O. The van der Waals surface area contributed by atoms with E-state index in [0.29, 0.717) is 0 Å². The summed E-state index contributed by atoms with van der Waals surface area (Å²) < 4.78 is 26.9. The maximum Gasteiger partial charge on any atom is 0.414 e. The van der Waals surface area contributed by atoms with E-state index in [-0.39, 0.29) is 11.6 Å². The van der Waals surface area contributed by atoms with Crippen molar-refractivity contribution in [1.82, 2.24) is 9.80 Å². The molecule has 210 valence electrons. The molecule has 40 heavy (non-hydrogen) atoms. The molecule has 2 N–H and O–H groups in total. The van der Waals surface area contributed by atoms with Gasteiger partial charge < -0.3 is 20.0 Å². The van der Waals surface area contributed by atoms with Crippen molar-refractivity contribution in [2.24, 2.45) is 0 Å². The first-order chi connectivity index (χ1) is 19.2. The molecule has 1 fully saturated rings. The van der Waals surface area contributed by atoms with E-state index in [1.165, 1.54) is 41.6 Å². The van der Waals surface area contributed by atoms with Crippen molar-refractivity contribution in [3.05, 3.63) is 90.0 Å². The van der Waals surface area contributed by atoms with E-state index in [0.717, 1.165) is 68.5 Å². The van der Waals surface area contributed by atoms with Gasteiger partial charge in [-0.15, -0.1) is 0 Å². The Balaban J connectivity index is 0.000000663. The normalized spacial score (nSPS) is 13.5. The summed E-state index contributed by atoms with van der Waals surface area (Å²) >= 11 is 1.19. The zero-order valence-electron chi connectivity index (χ0n) is 21.7. The summed E-state index contributed by atoms with van der Waals surface area (Å²) in [4.78, 5) is 26.2. The van der Waals surface area contributed by atoms with Gasteiger partial charge in [0, 0.05) is 55.5 Å². The highest BCUT2D eigenvalue weighted by Gasteiger charge is 2.18. The lowest BCUT2D eigenvalue weighted by Crippen LogP contribution is -2.46. The van der Waals surface area contributed by atoms with Crippen LogP contribution in [-0.2, 0) is 16.1 Å². The number of aliphatic carboxylic acids is 2. The first-order valence-corrected chi connectivity index (χ1v) is 13.4. The molecule has 0 bridgehead atoms. The lowest BCUT2D eigenvalue weighted by atomic mass is 10.2. The number of halogens is 2. The highest BCUT2D eigenvalue weighted by Crippen LogP contribution is 2.26. The first-order valence-electron chi connectivity index (χ1n) is 12.6. The number of thioether (sulfide) groups is 1. The second-order valence-electron chi connectivity index (χ2n) is 9.02. The molecule has 1 aliphatic heterocycles. The number of rotatable bonds is 9. The molecular formula is C29H30F2N4O4S. The molecular weight excluding hydrogens is 538 g/mol. The van der Waals surface area contributed by atoms with Gasteiger partial charge in [0.2, 0.25) is 0 Å². The van der Waals surface area contributed by atoms with Crippen LogP contribution in [0, 0.1) is 22.3 Å². The molecule has 0 spiro atoms. The zero-order valence-corrected chi connectivity index (χ0v) is 22.6. The van der Waals surface area contributed by atoms with E-state index in [2.05, 4.69) is 32.2 Å². The number of nitrogens with zero attached hydrogens (tertiary/aromatic N) is 4. The number of nitriles is 1. The second-order valence-corrected chi connectivity index (χ2v) is 9.88. The average molecular weight is 569 g/mol. The average Bonchev–Trinajstić information content (AvgIpc) is 2.95. The van der Waals surface area contributed by atoms with Gasteiger partial charge in [0.15, 0.2) is 0 Å². The van der Waals surface area contributed by atoms with E-state index in [9.17, 15) is 8.78 Å². The monoisotopic (exact) mass is 568 g/mol. The molecule has 0 radical (unpaired) electrons. The molecule has 0 aromatic heterocycles. The Labute approximate surface area is 236 Å². The van der Waals surface area contributed by atoms with Gasteiger partial charge in [0.1, 0.15) is 17.0 Å². The van der Waals surface area contributed by atoms with Gasteiger partial charge in [-0.2, -0.15) is 5.26 Å². The Morgan fingerprint density at radius 1 is 0.800 bits per heavy atom. The number of carboxylic acids is 2. The molecule has 0 atom stereocenters. The molecule has 3 aromatic carbocycles. The minimum Gasteiger partial charge on any atom is -0.473 e. The molecule has 1 heterocycles. The predicted molar refractivity (Wildman–Crippen MR) is 149 cm³/mol. The standard InChI is InChI=1S/C27H28F2N4S.C2H2O4/c28-23-4-8-25(9-5-23)33(26-10-6-24(29)7-11-26)15-1-14-31-16-18-32(19-17-31)20-22-2-12-27(13-3-22)34-21-30;3-1(4)2(5)6/h2-13H,1,14-20H2;(H,3,4)(H,5,6). The molecule has 1 saturated heterocycles. The molecule has 0 unspecified atom stereocenters. The van der Waals surface area contributed by atoms with Gasteiger partial charge in [0.05, 0.1) is 0 Å². The smallest absolute Gasteiger partial charge is 0.414 e. The summed E-state index contributed by atoms with van der Waals surface area (Å²) in [7, 11) is 0. The molecule has 0 saturated carbocycles. The van der Waals surface area contributed by atoms with Gasteiger partial charge in [-0.1, -0.05) is 12.1 Å². The van der Waals surface area contributed by atoms with Crippen LogP contribution in [-0.4, -0.2) is 71.2 Å². The van der Waals surface area contributed by atoms with Crippen LogP contribution in [0.25, 0.3) is 0 Å². The Morgan fingerprint density at radius 2 is 1.27 bits per heavy atom. The van der Waals surface area contributed by atoms with Gasteiger partial charge in [-0.25, -0.2) is 18.4 Å². The lowest BCUT2D eigenvalue weighted by Gasteiger charge is -2.35. The topological polar surface area (TPSA) is 108 Å². The molecule has 0 aliphatic carbocycles. The van der Waals surface area contributed by atoms with E-state index in [1.54, 1.807) is 24.3 Å². The summed E-state index contributed by atoms with van der Waals surface area (Å²) in [5.41, 5.74) is 3.07. The number of benzene rings is 3. The minimum absolute atomic E-state index is 0.266. The summed E-state index contributed by atoms with van der Waals surface area (Å²) in [5, 5.41) is 25.7. The fraction of sp³-hybridized carbons (Fsp3) is 0.276. The third kappa shape index (κ3) is 9.96. The van der Waals surface area contributed by atoms with E-state index in [4.69, 9.17) is 25.1 Å². The molecule has 8 nitrogen and oxygen atoms in total. The second kappa shape index (κ2) is 15.6. The van der Waals surface area contributed by atoms with Gasteiger partial charge in [-0.05, 0) is 91.0 Å². The molecule has 4 rings (SSSR count). The summed E-state index contributed by atoms with van der Waals surface area (Å²) in [6.45, 7) is 6.76. The predicted octanol–water partition coefficient (Wildman–Crippen LogP) is 5.04. The molecule has 0 amide bonds. The number of thiocyanates is 1. The number of anilines is 2. The van der Waals surface area contributed by atoms with Crippen LogP contribution in [0.15, 0.2) is 77.7 Å². The Morgan fingerprint density at radius 3 is 1.73 bits per heavy atom. The Bertz CT molecular complexity index is 1220. The van der Waals surface area contributed by atoms with Crippen LogP contribution in [0.3, 0.4) is 0 Å². The molecule has 1 aliphatic rings. The van der Waals surface area contributed by atoms with Crippen molar-refractivity contribution in [2.45, 2.75) is 17.9 Å². The summed E-state index contributed by atoms with van der Waals surface area (Å²) in [5.74, 6) is -4.18. The Kier molecular flexibility index (Phi) is 11.9. The van der Waals surface area contributed by atoms with Crippen LogP contribution >= 0.6 is 11.8 Å². The van der Waals surface area contributed by atoms with Crippen LogP contribution < -0.4 is 4.90 Å². The van der Waals surface area contributed by atoms with Crippen LogP contribution in [0.1, 0.15) is 12.0 Å². The molecule has 11 heteroatoms. The largest absolute Gasteiger partial charge is 0.473 e. The highest BCUT2D eigenvalue weighted by molar-refractivity contribution is 8.03. The quantitative estimate of drug-likeness (QED) is 0.209. The number of piperazine rings is 1. The van der Waals surface area contributed by atoms with E-state index < -0.39 is 11.9 Å². The maximum atomic E-state index is 13.4. The van der Waals surface area contributed by atoms with Crippen LogP contribution in [0.2, 0.25) is 0 Å². The summed E-state index contributed by atoms with van der Waals surface area (Å²) in [6, 6.07) is 21.1. The van der Waals surface area contributed by atoms with Crippen LogP contribution in [0.5, 0.6) is 0 Å². The fourth-order valence-corrected chi connectivity index (χ4v) is 4.62. The summed E-state index contributed by atoms with van der Waals surface area (Å²) in [6.07, 6.45) is 0.951. The third-order valence-electron chi connectivity index (χ3n) is 6.27. The number of hydrogen-bond acceptors (Lipinski definition) is 7. The highest BCUT2D eigenvalue weighted by atomic mass is 32.2. The first kappa shape index (κ1) is 30.6. The van der Waals surface area contributed by atoms with Crippen molar-refractivity contribution < 1.29 is 28.6 Å².